The van der Waals surface area contributed by atoms with E-state index in [0.717, 1.165) is 0 Å². The second-order valence-corrected chi connectivity index (χ2v) is 3.23. The molecule has 1 nitrogen and oxygen atoms in total. The van der Waals surface area contributed by atoms with E-state index >= 15 is 0 Å². The van der Waals surface area contributed by atoms with Crippen LogP contribution in [0.2, 0.25) is 0 Å². The molecule has 0 bridgehead atoms. The van der Waals surface area contributed by atoms with Gasteiger partial charge >= 0.3 is 0 Å². The van der Waals surface area contributed by atoms with Crippen molar-refractivity contribution in [1.82, 2.24) is 0 Å². The van der Waals surface area contributed by atoms with E-state index in [1.807, 2.05) is 6.07 Å². The Morgan fingerprint density at radius 2 is 1.12 bits per heavy atom. The summed E-state index contributed by atoms with van der Waals surface area (Å²) in [5.74, 6) is 0. The van der Waals surface area contributed by atoms with Crippen LogP contribution < -0.4 is 5.73 Å². The van der Waals surface area contributed by atoms with E-state index in [-0.39, 0.29) is 0 Å². The van der Waals surface area contributed by atoms with Crippen molar-refractivity contribution >= 4 is 0 Å². The van der Waals surface area contributed by atoms with Gasteiger partial charge in [-0.1, -0.05) is 60.2 Å². The van der Waals surface area contributed by atoms with E-state index in [4.69, 9.17) is 0 Å². The monoisotopic (exact) mass is 227 g/mol. The molecule has 0 unspecified atom stereocenters. The molecule has 2 N–H and O–H groups in total. The average molecular weight is 227 g/mol. The Morgan fingerprint density at radius 3 is 1.59 bits per heavy atom. The number of benzene rings is 2. The van der Waals surface area contributed by atoms with Crippen LogP contribution >= 0.6 is 0 Å². The molecule has 0 aliphatic carbocycles. The van der Waals surface area contributed by atoms with Gasteiger partial charge in [0.15, 0.2) is 0 Å². The molecule has 1 heteroatoms. The molecule has 0 aliphatic heterocycles. The molecule has 2 aromatic carbocycles. The zero-order valence-corrected chi connectivity index (χ0v) is 10.7. The van der Waals surface area contributed by atoms with Gasteiger partial charge < -0.3 is 5.73 Å². The van der Waals surface area contributed by atoms with Gasteiger partial charge in [0.05, 0.1) is 0 Å². The van der Waals surface area contributed by atoms with Gasteiger partial charge in [-0.3, -0.25) is 0 Å². The molecule has 90 valence electrons. The third-order valence-electron chi connectivity index (χ3n) is 2.16. The summed E-state index contributed by atoms with van der Waals surface area (Å²) in [5, 5.41) is 0. The topological polar surface area (TPSA) is 26.0 Å². The number of aryl methyl sites for hydroxylation is 1. The molecule has 0 amide bonds. The molecule has 0 atom stereocenters. The van der Waals surface area contributed by atoms with E-state index in [1.54, 1.807) is 0 Å². The van der Waals surface area contributed by atoms with Crippen molar-refractivity contribution < 1.29 is 0 Å². The number of nitrogens with two attached hydrogens (primary N) is 1. The molecule has 0 fully saturated rings. The fourth-order valence-corrected chi connectivity index (χ4v) is 1.38. The Hall–Kier alpha value is -1.86. The van der Waals surface area contributed by atoms with Gasteiger partial charge in [0.2, 0.25) is 0 Å². The second-order valence-electron chi connectivity index (χ2n) is 3.23. The summed E-state index contributed by atoms with van der Waals surface area (Å²) < 4.78 is 0. The standard InChI is InChI=1S/C13H12.C2H4.CH5N/c1-11-7-9-13(10-8-11)12-5-3-2-4-6-12;2*1-2/h2-10H,1H3;1-2H2;2H2,1H3. The Kier molecular flexibility index (Phi) is 8.35. The van der Waals surface area contributed by atoms with Crippen LogP contribution in [0, 0.1) is 6.92 Å². The number of rotatable bonds is 1. The van der Waals surface area contributed by atoms with Crippen molar-refractivity contribution in [3.8, 4) is 11.1 Å². The van der Waals surface area contributed by atoms with E-state index < -0.39 is 0 Å². The molecule has 0 saturated heterocycles. The van der Waals surface area contributed by atoms with Crippen molar-refractivity contribution in [2.45, 2.75) is 6.92 Å². The van der Waals surface area contributed by atoms with Gasteiger partial charge in [-0.25, -0.2) is 0 Å². The Labute approximate surface area is 105 Å². The van der Waals surface area contributed by atoms with Gasteiger partial charge in [0.25, 0.3) is 0 Å². The smallest absolute Gasteiger partial charge is 0.0184 e. The summed E-state index contributed by atoms with van der Waals surface area (Å²) in [6.07, 6.45) is 0. The van der Waals surface area contributed by atoms with E-state index in [9.17, 15) is 0 Å². The molecule has 17 heavy (non-hydrogen) atoms. The molecular weight excluding hydrogens is 206 g/mol. The number of hydrogen-bond donors (Lipinski definition) is 1. The summed E-state index contributed by atoms with van der Waals surface area (Å²) in [4.78, 5) is 0. The minimum absolute atomic E-state index is 1.28. The van der Waals surface area contributed by atoms with Crippen LogP contribution in [0.25, 0.3) is 11.1 Å². The zero-order chi connectivity index (χ0) is 13.1. The predicted molar refractivity (Wildman–Crippen MR) is 78.0 cm³/mol. The highest BCUT2D eigenvalue weighted by Gasteiger charge is 1.93. The van der Waals surface area contributed by atoms with Gasteiger partial charge in [-0.15, -0.1) is 13.2 Å². The van der Waals surface area contributed by atoms with E-state index in [0.29, 0.717) is 0 Å². The highest BCUT2D eigenvalue weighted by Crippen LogP contribution is 2.18. The molecule has 2 aromatic rings. The Balaban J connectivity index is 0.000000581. The zero-order valence-electron chi connectivity index (χ0n) is 10.7. The maximum Gasteiger partial charge on any atom is -0.0184 e. The van der Waals surface area contributed by atoms with Crippen LogP contribution in [-0.4, -0.2) is 7.05 Å². The molecular formula is C16H21N. The molecule has 0 saturated carbocycles. The van der Waals surface area contributed by atoms with Crippen molar-refractivity contribution in [2.75, 3.05) is 7.05 Å². The summed E-state index contributed by atoms with van der Waals surface area (Å²) in [5.41, 5.74) is 8.37. The lowest BCUT2D eigenvalue weighted by atomic mass is 10.0. The largest absolute Gasteiger partial charge is 0.333 e. The summed E-state index contributed by atoms with van der Waals surface area (Å²) in [6.45, 7) is 8.11. The van der Waals surface area contributed by atoms with Gasteiger partial charge in [0.1, 0.15) is 0 Å². The van der Waals surface area contributed by atoms with Gasteiger partial charge in [-0.05, 0) is 25.1 Å². The summed E-state index contributed by atoms with van der Waals surface area (Å²) in [6, 6.07) is 19.0. The van der Waals surface area contributed by atoms with E-state index in [1.165, 1.54) is 23.7 Å². The first-order valence-electron chi connectivity index (χ1n) is 5.56. The van der Waals surface area contributed by atoms with Crippen molar-refractivity contribution in [3.05, 3.63) is 73.3 Å². The van der Waals surface area contributed by atoms with Gasteiger partial charge in [0, 0.05) is 0 Å². The lowest BCUT2D eigenvalue weighted by molar-refractivity contribution is 1.47. The number of hydrogen-bond acceptors (Lipinski definition) is 1. The average Bonchev–Trinajstić information content (AvgIpc) is 2.45. The van der Waals surface area contributed by atoms with Crippen LogP contribution in [0.3, 0.4) is 0 Å². The minimum Gasteiger partial charge on any atom is -0.333 e. The molecule has 0 aliphatic rings. The predicted octanol–water partition coefficient (Wildman–Crippen LogP) is 4.04. The lowest BCUT2D eigenvalue weighted by Crippen LogP contribution is -1.76. The van der Waals surface area contributed by atoms with Crippen molar-refractivity contribution in [1.29, 1.82) is 0 Å². The lowest BCUT2D eigenvalue weighted by Gasteiger charge is -2.00. The fraction of sp³-hybridized carbons (Fsp3) is 0.125. The summed E-state index contributed by atoms with van der Waals surface area (Å²) >= 11 is 0. The van der Waals surface area contributed by atoms with Gasteiger partial charge in [-0.2, -0.15) is 0 Å². The Morgan fingerprint density at radius 1 is 0.706 bits per heavy atom. The first kappa shape index (κ1) is 15.1. The Bertz CT molecular complexity index is 390. The third kappa shape index (κ3) is 5.14. The molecule has 0 aromatic heterocycles. The maximum atomic E-state index is 4.50. The quantitative estimate of drug-likeness (QED) is 0.731. The van der Waals surface area contributed by atoms with Crippen LogP contribution in [0.5, 0.6) is 0 Å². The third-order valence-corrected chi connectivity index (χ3v) is 2.16. The van der Waals surface area contributed by atoms with Crippen LogP contribution in [0.4, 0.5) is 0 Å². The molecule has 2 rings (SSSR count). The van der Waals surface area contributed by atoms with Crippen LogP contribution in [0.1, 0.15) is 5.56 Å². The normalized spacial score (nSPS) is 8.18. The maximum absolute atomic E-state index is 4.50. The highest BCUT2D eigenvalue weighted by molar-refractivity contribution is 5.63. The minimum atomic E-state index is 1.28. The molecule has 0 spiro atoms. The van der Waals surface area contributed by atoms with Crippen molar-refractivity contribution in [2.24, 2.45) is 5.73 Å². The molecule has 0 radical (unpaired) electrons. The van der Waals surface area contributed by atoms with E-state index in [2.05, 4.69) is 74.3 Å². The van der Waals surface area contributed by atoms with Crippen LogP contribution in [0.15, 0.2) is 67.8 Å². The second kappa shape index (κ2) is 9.37. The van der Waals surface area contributed by atoms with Crippen molar-refractivity contribution in [3.63, 3.8) is 0 Å². The highest BCUT2D eigenvalue weighted by atomic mass is 14.4. The van der Waals surface area contributed by atoms with Crippen LogP contribution in [-0.2, 0) is 0 Å². The fourth-order valence-electron chi connectivity index (χ4n) is 1.38. The first-order chi connectivity index (χ1) is 8.36. The SMILES string of the molecule is C=C.CN.Cc1ccc(-c2ccccc2)cc1. The summed E-state index contributed by atoms with van der Waals surface area (Å²) in [7, 11) is 1.50. The molecule has 0 heterocycles. The first-order valence-corrected chi connectivity index (χ1v) is 5.56.